The number of phenols is 2. The Bertz CT molecular complexity index is 178. The largest absolute Gasteiger partial charge is 2.00 e. The molecule has 1 aromatic rings. The molecule has 0 saturated carbocycles. The zero-order valence-corrected chi connectivity index (χ0v) is 9.35. The third-order valence-corrected chi connectivity index (χ3v) is 0.830. The van der Waals surface area contributed by atoms with E-state index >= 15 is 0 Å². The van der Waals surface area contributed by atoms with Gasteiger partial charge in [0.2, 0.25) is 0 Å². The fraction of sp³-hybridized carbons (Fsp3) is 0. The molecule has 0 saturated heterocycles. The van der Waals surface area contributed by atoms with Crippen molar-refractivity contribution in [1.82, 2.24) is 0 Å². The van der Waals surface area contributed by atoms with Crippen molar-refractivity contribution in [1.29, 1.82) is 0 Å². The molecule has 0 radical (unpaired) electrons. The summed E-state index contributed by atoms with van der Waals surface area (Å²) in [6.07, 6.45) is 0. The van der Waals surface area contributed by atoms with Crippen molar-refractivity contribution in [3.05, 3.63) is 24.3 Å². The van der Waals surface area contributed by atoms with Gasteiger partial charge < -0.3 is 13.1 Å². The number of aromatic hydroxyl groups is 2. The maximum absolute atomic E-state index is 8.65. The van der Waals surface area contributed by atoms with Crippen LogP contribution in [0.3, 0.4) is 0 Å². The van der Waals surface area contributed by atoms with Crippen LogP contribution >= 0.6 is 0 Å². The van der Waals surface area contributed by atoms with Gasteiger partial charge in [0.15, 0.2) is 0 Å². The van der Waals surface area contributed by atoms with E-state index < -0.39 is 0 Å². The first-order valence-corrected chi connectivity index (χ1v) is 2.27. The Kier molecular flexibility index (Phi) is 4.43. The van der Waals surface area contributed by atoms with Gasteiger partial charge in [-0.3, -0.25) is 0 Å². The molecule has 2 nitrogen and oxygen atoms in total. The van der Waals surface area contributed by atoms with Gasteiger partial charge in [-0.15, -0.1) is 0 Å². The molecule has 3 heteroatoms. The molecule has 0 aromatic heterocycles. The van der Waals surface area contributed by atoms with E-state index in [4.69, 9.17) is 10.2 Å². The number of hydrogen-bond acceptors (Lipinski definition) is 2. The number of hydrogen-bond donors (Lipinski definition) is 2. The number of benzene rings is 1. The van der Waals surface area contributed by atoms with Crippen LogP contribution < -0.4 is 0 Å². The van der Waals surface area contributed by atoms with Crippen LogP contribution in [0.5, 0.6) is 11.5 Å². The van der Waals surface area contributed by atoms with E-state index in [-0.39, 0.29) is 63.2 Å². The van der Waals surface area contributed by atoms with Crippen molar-refractivity contribution in [3.8, 4) is 11.5 Å². The molecule has 0 fully saturated rings. The van der Waals surface area contributed by atoms with Crippen LogP contribution in [0, 0.1) is 0 Å². The summed E-state index contributed by atoms with van der Waals surface area (Å²) in [4.78, 5) is 0. The molecule has 0 atom stereocenters. The maximum atomic E-state index is 8.65. The van der Waals surface area contributed by atoms with Crippen LogP contribution in [0.15, 0.2) is 24.3 Å². The van der Waals surface area contributed by atoms with Crippen LogP contribution in [0.1, 0.15) is 2.85 Å². The Hall–Kier alpha value is 0.391. The fourth-order valence-corrected chi connectivity index (χ4v) is 0.493. The first-order chi connectivity index (χ1) is 3.79. The standard InChI is InChI=1S/C6H6O2.Ba.2H/c7-5-2-1-3-6(8)4-5;;;/h1-4,7-8H;;;/q;+2;2*-1. The summed E-state index contributed by atoms with van der Waals surface area (Å²) in [6, 6.07) is 5.85. The average molecular weight is 249 g/mol. The third kappa shape index (κ3) is 3.17. The van der Waals surface area contributed by atoms with Crippen molar-refractivity contribution in [2.24, 2.45) is 0 Å². The van der Waals surface area contributed by atoms with E-state index in [9.17, 15) is 0 Å². The molecule has 0 aliphatic carbocycles. The summed E-state index contributed by atoms with van der Waals surface area (Å²) in [6.45, 7) is 0. The smallest absolute Gasteiger partial charge is 1.00 e. The first kappa shape index (κ1) is 9.39. The molecule has 0 aliphatic heterocycles. The molecule has 9 heavy (non-hydrogen) atoms. The molecular formula is C6H8BaO2. The second-order valence-corrected chi connectivity index (χ2v) is 1.52. The quantitative estimate of drug-likeness (QED) is 0.672. The molecular weight excluding hydrogens is 241 g/mol. The normalized spacial score (nSPS) is 8.00. The fourth-order valence-electron chi connectivity index (χ4n) is 0.493. The predicted molar refractivity (Wildman–Crippen MR) is 37.7 cm³/mol. The van der Waals surface area contributed by atoms with Gasteiger partial charge in [-0.25, -0.2) is 0 Å². The van der Waals surface area contributed by atoms with E-state index in [0.29, 0.717) is 0 Å². The second kappa shape index (κ2) is 4.25. The minimum absolute atomic E-state index is 0. The van der Waals surface area contributed by atoms with Crippen LogP contribution in [-0.2, 0) is 0 Å². The molecule has 46 valence electrons. The summed E-state index contributed by atoms with van der Waals surface area (Å²) in [5, 5.41) is 17.3. The Morgan fingerprint density at radius 1 is 1.11 bits per heavy atom. The van der Waals surface area contributed by atoms with E-state index in [2.05, 4.69) is 0 Å². The maximum Gasteiger partial charge on any atom is 2.00 e. The van der Waals surface area contributed by atoms with E-state index in [1.165, 1.54) is 18.2 Å². The Labute approximate surface area is 96.6 Å². The van der Waals surface area contributed by atoms with Gasteiger partial charge in [0.25, 0.3) is 0 Å². The minimum Gasteiger partial charge on any atom is -1.00 e. The summed E-state index contributed by atoms with van der Waals surface area (Å²) < 4.78 is 0. The molecule has 0 bridgehead atoms. The SMILES string of the molecule is Oc1cccc(O)c1.[Ba+2].[H-].[H-]. The van der Waals surface area contributed by atoms with E-state index in [1.807, 2.05) is 0 Å². The third-order valence-electron chi connectivity index (χ3n) is 0.830. The van der Waals surface area contributed by atoms with Crippen molar-refractivity contribution >= 4 is 48.9 Å². The van der Waals surface area contributed by atoms with Gasteiger partial charge in [0, 0.05) is 6.07 Å². The Morgan fingerprint density at radius 2 is 1.56 bits per heavy atom. The van der Waals surface area contributed by atoms with Gasteiger partial charge in [0.05, 0.1) is 0 Å². The van der Waals surface area contributed by atoms with Crippen LogP contribution in [0.4, 0.5) is 0 Å². The molecule has 1 aromatic carbocycles. The second-order valence-electron chi connectivity index (χ2n) is 1.52. The number of rotatable bonds is 0. The molecule has 2 N–H and O–H groups in total. The van der Waals surface area contributed by atoms with Crippen molar-refractivity contribution in [2.75, 3.05) is 0 Å². The summed E-state index contributed by atoms with van der Waals surface area (Å²) in [5.41, 5.74) is 0. The zero-order chi connectivity index (χ0) is 5.98. The van der Waals surface area contributed by atoms with Crippen molar-refractivity contribution in [3.63, 3.8) is 0 Å². The Morgan fingerprint density at radius 3 is 1.78 bits per heavy atom. The van der Waals surface area contributed by atoms with Gasteiger partial charge in [-0.05, 0) is 12.1 Å². The van der Waals surface area contributed by atoms with Gasteiger partial charge in [-0.2, -0.15) is 0 Å². The van der Waals surface area contributed by atoms with Crippen LogP contribution in [0.25, 0.3) is 0 Å². The molecule has 0 heterocycles. The minimum atomic E-state index is 0. The summed E-state index contributed by atoms with van der Waals surface area (Å²) in [7, 11) is 0. The molecule has 0 spiro atoms. The summed E-state index contributed by atoms with van der Waals surface area (Å²) >= 11 is 0. The van der Waals surface area contributed by atoms with Gasteiger partial charge in [0.1, 0.15) is 11.5 Å². The predicted octanol–water partition coefficient (Wildman–Crippen LogP) is 0.942. The molecule has 0 aliphatic rings. The average Bonchev–Trinajstić information content (AvgIpc) is 1.64. The van der Waals surface area contributed by atoms with Crippen LogP contribution in [0.2, 0.25) is 0 Å². The van der Waals surface area contributed by atoms with Crippen molar-refractivity contribution in [2.45, 2.75) is 0 Å². The topological polar surface area (TPSA) is 40.5 Å². The Balaban J connectivity index is -0.000000213. The van der Waals surface area contributed by atoms with Gasteiger partial charge >= 0.3 is 48.9 Å². The summed E-state index contributed by atoms with van der Waals surface area (Å²) in [5.74, 6) is 0.176. The molecule has 0 amide bonds. The van der Waals surface area contributed by atoms with Crippen molar-refractivity contribution < 1.29 is 13.1 Å². The van der Waals surface area contributed by atoms with Crippen LogP contribution in [-0.4, -0.2) is 59.1 Å². The monoisotopic (exact) mass is 250 g/mol. The van der Waals surface area contributed by atoms with E-state index in [1.54, 1.807) is 6.07 Å². The number of phenolic OH excluding ortho intramolecular Hbond substituents is 2. The zero-order valence-electron chi connectivity index (χ0n) is 6.91. The van der Waals surface area contributed by atoms with E-state index in [0.717, 1.165) is 0 Å². The molecule has 1 rings (SSSR count). The van der Waals surface area contributed by atoms with Gasteiger partial charge in [-0.1, -0.05) is 6.07 Å². The molecule has 0 unspecified atom stereocenters. The first-order valence-electron chi connectivity index (χ1n) is 2.27.